The molecule has 0 aromatic rings. The normalized spacial score (nSPS) is 14.2. The zero-order valence-electron chi connectivity index (χ0n) is 61.3. The van der Waals surface area contributed by atoms with Crippen LogP contribution in [0, 0.1) is 0 Å². The van der Waals surface area contributed by atoms with Gasteiger partial charge in [0.2, 0.25) is 0 Å². The number of carbonyl (C=O) groups excluding carboxylic acids is 4. The number of esters is 4. The summed E-state index contributed by atoms with van der Waals surface area (Å²) in [5.41, 5.74) is 0. The molecule has 562 valence electrons. The van der Waals surface area contributed by atoms with Gasteiger partial charge in [0.25, 0.3) is 0 Å². The third-order valence-electron chi connectivity index (χ3n) is 16.7. The van der Waals surface area contributed by atoms with E-state index in [1.165, 1.54) is 128 Å². The van der Waals surface area contributed by atoms with E-state index in [-0.39, 0.29) is 25.7 Å². The van der Waals surface area contributed by atoms with E-state index >= 15 is 0 Å². The van der Waals surface area contributed by atoms with Crippen LogP contribution in [0.15, 0.2) is 48.6 Å². The molecule has 0 aromatic carbocycles. The van der Waals surface area contributed by atoms with Crippen molar-refractivity contribution in [2.24, 2.45) is 0 Å². The summed E-state index contributed by atoms with van der Waals surface area (Å²) in [4.78, 5) is 72.8. The lowest BCUT2D eigenvalue weighted by atomic mass is 10.1. The van der Waals surface area contributed by atoms with Gasteiger partial charge < -0.3 is 33.8 Å². The number of carbonyl (C=O) groups is 4. The summed E-state index contributed by atoms with van der Waals surface area (Å²) in [7, 11) is -9.94. The highest BCUT2D eigenvalue weighted by molar-refractivity contribution is 7.47. The molecule has 19 heteroatoms. The maximum absolute atomic E-state index is 13.1. The molecule has 0 fully saturated rings. The van der Waals surface area contributed by atoms with Crippen molar-refractivity contribution in [1.82, 2.24) is 0 Å². The number of allylic oxidation sites excluding steroid dienone is 8. The van der Waals surface area contributed by atoms with Crippen LogP contribution in [0.5, 0.6) is 0 Å². The Kier molecular flexibility index (Phi) is 68.3. The molecule has 0 amide bonds. The Morgan fingerprint density at radius 2 is 0.479 bits per heavy atom. The highest BCUT2D eigenvalue weighted by atomic mass is 31.2. The summed E-state index contributed by atoms with van der Waals surface area (Å²) in [5, 5.41) is 10.6. The molecule has 0 rings (SSSR count). The first kappa shape index (κ1) is 93.0. The predicted octanol–water partition coefficient (Wildman–Crippen LogP) is 22.1. The van der Waals surface area contributed by atoms with Crippen LogP contribution < -0.4 is 0 Å². The van der Waals surface area contributed by atoms with E-state index in [0.29, 0.717) is 25.7 Å². The van der Waals surface area contributed by atoms with Gasteiger partial charge in [0.1, 0.15) is 19.3 Å². The van der Waals surface area contributed by atoms with Crippen molar-refractivity contribution in [3.05, 3.63) is 48.6 Å². The van der Waals surface area contributed by atoms with Crippen LogP contribution in [0.25, 0.3) is 0 Å². The van der Waals surface area contributed by atoms with E-state index in [2.05, 4.69) is 76.3 Å². The lowest BCUT2D eigenvalue weighted by Gasteiger charge is -2.21. The molecule has 2 unspecified atom stereocenters. The fourth-order valence-electron chi connectivity index (χ4n) is 10.7. The fourth-order valence-corrected chi connectivity index (χ4v) is 12.3. The first-order chi connectivity index (χ1) is 46.7. The largest absolute Gasteiger partial charge is 0.472 e. The third-order valence-corrected chi connectivity index (χ3v) is 18.6. The molecule has 0 saturated carbocycles. The fraction of sp³-hybridized carbons (Fsp3) is 0.844. The number of rotatable bonds is 74. The molecular weight excluding hydrogens is 1260 g/mol. The minimum atomic E-state index is -4.97. The molecule has 0 aliphatic heterocycles. The molecular formula is C77H142O17P2. The van der Waals surface area contributed by atoms with Gasteiger partial charge in [-0.2, -0.15) is 0 Å². The molecule has 0 saturated heterocycles. The van der Waals surface area contributed by atoms with Gasteiger partial charge in [0, 0.05) is 25.7 Å². The quantitative estimate of drug-likeness (QED) is 0.0169. The maximum Gasteiger partial charge on any atom is 0.472 e. The Morgan fingerprint density at radius 3 is 0.719 bits per heavy atom. The van der Waals surface area contributed by atoms with Crippen molar-refractivity contribution in [3.8, 4) is 0 Å². The molecule has 96 heavy (non-hydrogen) atoms. The molecule has 17 nitrogen and oxygen atoms in total. The second-order valence-electron chi connectivity index (χ2n) is 26.3. The minimum Gasteiger partial charge on any atom is -0.462 e. The highest BCUT2D eigenvalue weighted by Crippen LogP contribution is 2.45. The Labute approximate surface area is 585 Å². The molecule has 0 spiro atoms. The predicted molar refractivity (Wildman–Crippen MR) is 390 cm³/mol. The summed E-state index contributed by atoms with van der Waals surface area (Å²) in [6, 6.07) is 0. The van der Waals surface area contributed by atoms with E-state index in [1.54, 1.807) is 0 Å². The van der Waals surface area contributed by atoms with Gasteiger partial charge >= 0.3 is 39.5 Å². The molecule has 0 radical (unpaired) electrons. The zero-order valence-corrected chi connectivity index (χ0v) is 63.1. The number of phosphoric acid groups is 2. The van der Waals surface area contributed by atoms with Crippen molar-refractivity contribution < 1.29 is 80.2 Å². The van der Waals surface area contributed by atoms with E-state index in [9.17, 15) is 43.2 Å². The Morgan fingerprint density at radius 1 is 0.281 bits per heavy atom. The van der Waals surface area contributed by atoms with Crippen LogP contribution in [-0.2, 0) is 65.4 Å². The number of hydrogen-bond acceptors (Lipinski definition) is 15. The lowest BCUT2D eigenvalue weighted by Crippen LogP contribution is -2.30. The third kappa shape index (κ3) is 69.5. The molecule has 0 aliphatic rings. The van der Waals surface area contributed by atoms with Crippen molar-refractivity contribution in [2.45, 2.75) is 380 Å². The van der Waals surface area contributed by atoms with Crippen LogP contribution in [0.1, 0.15) is 362 Å². The highest BCUT2D eigenvalue weighted by Gasteiger charge is 2.30. The second kappa shape index (κ2) is 70.5. The average molecular weight is 1400 g/mol. The first-order valence-corrected chi connectivity index (χ1v) is 41.9. The summed E-state index contributed by atoms with van der Waals surface area (Å²) < 4.78 is 68.5. The van der Waals surface area contributed by atoms with Crippen molar-refractivity contribution in [1.29, 1.82) is 0 Å². The summed E-state index contributed by atoms with van der Waals surface area (Å²) in [6.45, 7) is 4.85. The number of aliphatic hydroxyl groups excluding tert-OH is 1. The van der Waals surface area contributed by atoms with E-state index < -0.39 is 97.5 Å². The molecule has 4 atom stereocenters. The summed E-state index contributed by atoms with van der Waals surface area (Å²) in [5.74, 6) is -2.17. The summed E-state index contributed by atoms with van der Waals surface area (Å²) in [6.07, 6.45) is 66.6. The van der Waals surface area contributed by atoms with Crippen molar-refractivity contribution >= 4 is 39.5 Å². The van der Waals surface area contributed by atoms with Crippen LogP contribution in [0.4, 0.5) is 0 Å². The molecule has 0 heterocycles. The number of hydrogen-bond donors (Lipinski definition) is 3. The lowest BCUT2D eigenvalue weighted by molar-refractivity contribution is -0.161. The van der Waals surface area contributed by atoms with Gasteiger partial charge in [-0.15, -0.1) is 0 Å². The van der Waals surface area contributed by atoms with Crippen molar-refractivity contribution in [2.75, 3.05) is 39.6 Å². The number of ether oxygens (including phenoxy) is 4. The second-order valence-corrected chi connectivity index (χ2v) is 29.2. The van der Waals surface area contributed by atoms with Gasteiger partial charge in [0.15, 0.2) is 12.2 Å². The van der Waals surface area contributed by atoms with Crippen molar-refractivity contribution in [3.63, 3.8) is 0 Å². The zero-order chi connectivity index (χ0) is 70.4. The molecule has 3 N–H and O–H groups in total. The van der Waals surface area contributed by atoms with Crippen LogP contribution in [0.3, 0.4) is 0 Å². The minimum absolute atomic E-state index is 0.0889. The molecule has 0 aliphatic carbocycles. The molecule has 0 bridgehead atoms. The standard InChI is InChI=1S/C77H142O17P2/c1-5-9-13-17-21-25-29-33-35-39-41-45-49-53-57-61-74(79)87-67-72(93-76(81)63-59-55-51-47-43-37-31-27-23-19-15-11-7-3)69-91-95(83,84)89-65-71(78)66-90-96(85,86)92-70-73(94-77(82)64-60-56-52-48-44-38-32-28-24-20-16-12-8-4)68-88-75(80)62-58-54-50-46-42-40-36-34-30-26-22-18-14-10-6-2/h25-32,71-73,78H,5-24,33-70H2,1-4H3,(H,83,84)(H,85,86)/b29-25-,30-26-,31-27-,32-28-/t72-,73-/m1/s1. The SMILES string of the molecule is CCCCCC/C=C\CCCCCCCCCC(=O)OC[C@H](COP(=O)(O)OCC(O)COP(=O)(O)OC[C@@H](COC(=O)CCCCCCCCC/C=C\CCCCCC)OC(=O)CCCCCCC/C=C\CCCCCC)OC(=O)CCCCCCC/C=C\CCCCCC. The number of phosphoric ester groups is 2. The topological polar surface area (TPSA) is 237 Å². The van der Waals surface area contributed by atoms with E-state index in [4.69, 9.17) is 37.0 Å². The smallest absolute Gasteiger partial charge is 0.462 e. The Hall–Kier alpha value is -2.98. The van der Waals surface area contributed by atoms with Crippen LogP contribution in [0.2, 0.25) is 0 Å². The van der Waals surface area contributed by atoms with Gasteiger partial charge in [-0.3, -0.25) is 37.3 Å². The van der Waals surface area contributed by atoms with Crippen LogP contribution in [-0.4, -0.2) is 96.7 Å². The number of aliphatic hydroxyl groups is 1. The number of unbranched alkanes of at least 4 members (excludes halogenated alkanes) is 40. The Balaban J connectivity index is 5.31. The van der Waals surface area contributed by atoms with E-state index in [1.807, 2.05) is 0 Å². The van der Waals surface area contributed by atoms with E-state index in [0.717, 1.165) is 154 Å². The maximum atomic E-state index is 13.1. The van der Waals surface area contributed by atoms with Gasteiger partial charge in [0.05, 0.1) is 26.4 Å². The average Bonchev–Trinajstić information content (AvgIpc) is 1.14. The van der Waals surface area contributed by atoms with Gasteiger partial charge in [-0.25, -0.2) is 9.13 Å². The van der Waals surface area contributed by atoms with Crippen LogP contribution >= 0.6 is 15.6 Å². The van der Waals surface area contributed by atoms with Gasteiger partial charge in [-0.1, -0.05) is 256 Å². The van der Waals surface area contributed by atoms with Gasteiger partial charge in [-0.05, 0) is 128 Å². The molecule has 0 aromatic heterocycles. The monoisotopic (exact) mass is 1400 g/mol. The first-order valence-electron chi connectivity index (χ1n) is 38.9. The summed E-state index contributed by atoms with van der Waals surface area (Å²) >= 11 is 0. The Bertz CT molecular complexity index is 1880.